The third-order valence-corrected chi connectivity index (χ3v) is 4.15. The molecule has 25 heavy (non-hydrogen) atoms. The van der Waals surface area contributed by atoms with Crippen LogP contribution in [0.15, 0.2) is 53.3 Å². The number of fused-ring (bicyclic) bond motifs is 1. The van der Waals surface area contributed by atoms with Gasteiger partial charge < -0.3 is 5.32 Å². The molecular weight excluding hydrogens is 338 g/mol. The number of hydrogen-bond acceptors (Lipinski definition) is 3. The summed E-state index contributed by atoms with van der Waals surface area (Å²) < 4.78 is 1.35. The predicted molar refractivity (Wildman–Crippen MR) is 99.0 cm³/mol. The first-order valence-corrected chi connectivity index (χ1v) is 8.39. The summed E-state index contributed by atoms with van der Waals surface area (Å²) in [6.45, 7) is 4.07. The van der Waals surface area contributed by atoms with Crippen molar-refractivity contribution in [3.05, 3.63) is 75.2 Å². The number of amides is 1. The molecule has 0 aliphatic heterocycles. The van der Waals surface area contributed by atoms with Gasteiger partial charge in [-0.2, -0.15) is 5.10 Å². The van der Waals surface area contributed by atoms with E-state index < -0.39 is 0 Å². The van der Waals surface area contributed by atoms with Crippen molar-refractivity contribution in [3.63, 3.8) is 0 Å². The van der Waals surface area contributed by atoms with Crippen LogP contribution in [0.1, 0.15) is 35.9 Å². The largest absolute Gasteiger partial charge is 0.347 e. The molecule has 5 nitrogen and oxygen atoms in total. The van der Waals surface area contributed by atoms with Gasteiger partial charge in [0.2, 0.25) is 0 Å². The Labute approximate surface area is 150 Å². The molecule has 0 spiro atoms. The smallest absolute Gasteiger partial charge is 0.274 e. The molecule has 3 aromatic rings. The maximum atomic E-state index is 12.7. The van der Waals surface area contributed by atoms with E-state index in [9.17, 15) is 9.59 Å². The standard InChI is InChI=1S/C19H18ClN3O2/c1-12(2)23-19(25)16-6-4-3-5-15(16)17(22-23)18(24)21-11-13-7-9-14(20)10-8-13/h3-10,12H,11H2,1-2H3,(H,21,24). The van der Waals surface area contributed by atoms with E-state index in [0.29, 0.717) is 22.3 Å². The van der Waals surface area contributed by atoms with Gasteiger partial charge in [0.25, 0.3) is 11.5 Å². The molecule has 1 amide bonds. The average Bonchev–Trinajstić information content (AvgIpc) is 2.61. The topological polar surface area (TPSA) is 64.0 Å². The molecule has 0 aliphatic carbocycles. The van der Waals surface area contributed by atoms with Crippen LogP contribution < -0.4 is 10.9 Å². The summed E-state index contributed by atoms with van der Waals surface area (Å²) in [6.07, 6.45) is 0. The number of nitrogens with one attached hydrogen (secondary N) is 1. The highest BCUT2D eigenvalue weighted by Crippen LogP contribution is 2.15. The number of carbonyl (C=O) groups is 1. The molecule has 0 saturated heterocycles. The summed E-state index contributed by atoms with van der Waals surface area (Å²) in [5, 5.41) is 8.84. The molecule has 0 radical (unpaired) electrons. The van der Waals surface area contributed by atoms with Crippen molar-refractivity contribution in [2.45, 2.75) is 26.4 Å². The summed E-state index contributed by atoms with van der Waals surface area (Å²) in [6, 6.07) is 14.1. The van der Waals surface area contributed by atoms with Gasteiger partial charge in [0.05, 0.1) is 11.4 Å². The highest BCUT2D eigenvalue weighted by atomic mass is 35.5. The third-order valence-electron chi connectivity index (χ3n) is 3.90. The van der Waals surface area contributed by atoms with E-state index in [2.05, 4.69) is 10.4 Å². The fourth-order valence-corrected chi connectivity index (χ4v) is 2.72. The fourth-order valence-electron chi connectivity index (χ4n) is 2.59. The molecule has 2 aromatic carbocycles. The summed E-state index contributed by atoms with van der Waals surface area (Å²) in [5.74, 6) is -0.319. The zero-order chi connectivity index (χ0) is 18.0. The summed E-state index contributed by atoms with van der Waals surface area (Å²) in [5.41, 5.74) is 0.983. The summed E-state index contributed by atoms with van der Waals surface area (Å²) >= 11 is 5.87. The van der Waals surface area contributed by atoms with E-state index in [0.717, 1.165) is 5.56 Å². The molecule has 0 aliphatic rings. The second-order valence-electron chi connectivity index (χ2n) is 6.05. The SMILES string of the molecule is CC(C)n1nc(C(=O)NCc2ccc(Cl)cc2)c2ccccc2c1=O. The highest BCUT2D eigenvalue weighted by molar-refractivity contribution is 6.30. The zero-order valence-electron chi connectivity index (χ0n) is 14.0. The van der Waals surface area contributed by atoms with Crippen LogP contribution in [-0.2, 0) is 6.54 Å². The van der Waals surface area contributed by atoms with Crippen molar-refractivity contribution in [3.8, 4) is 0 Å². The first-order valence-electron chi connectivity index (χ1n) is 8.01. The van der Waals surface area contributed by atoms with E-state index in [1.54, 1.807) is 36.4 Å². The van der Waals surface area contributed by atoms with Crippen molar-refractivity contribution in [2.75, 3.05) is 0 Å². The summed E-state index contributed by atoms with van der Waals surface area (Å²) in [4.78, 5) is 25.2. The number of benzene rings is 2. The molecule has 0 atom stereocenters. The Morgan fingerprint density at radius 3 is 2.40 bits per heavy atom. The Morgan fingerprint density at radius 1 is 1.12 bits per heavy atom. The van der Waals surface area contributed by atoms with Crippen molar-refractivity contribution in [2.24, 2.45) is 0 Å². The lowest BCUT2D eigenvalue weighted by atomic mass is 10.1. The normalized spacial score (nSPS) is 11.0. The first-order chi connectivity index (χ1) is 12.0. The molecule has 128 valence electrons. The maximum absolute atomic E-state index is 12.7. The number of nitrogens with zero attached hydrogens (tertiary/aromatic N) is 2. The molecule has 0 unspecified atom stereocenters. The van der Waals surface area contributed by atoms with Gasteiger partial charge in [-0.15, -0.1) is 0 Å². The number of halogens is 1. The minimum atomic E-state index is -0.319. The first kappa shape index (κ1) is 17.2. The van der Waals surface area contributed by atoms with Crippen molar-refractivity contribution in [1.82, 2.24) is 15.1 Å². The maximum Gasteiger partial charge on any atom is 0.274 e. The lowest BCUT2D eigenvalue weighted by Crippen LogP contribution is -2.31. The Morgan fingerprint density at radius 2 is 1.76 bits per heavy atom. The van der Waals surface area contributed by atoms with Gasteiger partial charge >= 0.3 is 0 Å². The summed E-state index contributed by atoms with van der Waals surface area (Å²) in [7, 11) is 0. The molecule has 0 saturated carbocycles. The Balaban J connectivity index is 1.96. The van der Waals surface area contributed by atoms with E-state index in [1.165, 1.54) is 4.68 Å². The van der Waals surface area contributed by atoms with Gasteiger partial charge in [0.1, 0.15) is 0 Å². The second-order valence-corrected chi connectivity index (χ2v) is 6.48. The number of rotatable bonds is 4. The molecule has 0 fully saturated rings. The van der Waals surface area contributed by atoms with Gasteiger partial charge in [-0.1, -0.05) is 41.9 Å². The lowest BCUT2D eigenvalue weighted by molar-refractivity contribution is 0.0945. The van der Waals surface area contributed by atoms with Gasteiger partial charge in [0, 0.05) is 17.0 Å². The molecule has 1 N–H and O–H groups in total. The molecule has 0 bridgehead atoms. The van der Waals surface area contributed by atoms with Gasteiger partial charge in [-0.3, -0.25) is 9.59 Å². The monoisotopic (exact) mass is 355 g/mol. The van der Waals surface area contributed by atoms with Crippen LogP contribution in [-0.4, -0.2) is 15.7 Å². The fraction of sp³-hybridized carbons (Fsp3) is 0.211. The minimum absolute atomic E-state index is 0.139. The van der Waals surface area contributed by atoms with E-state index in [1.807, 2.05) is 26.0 Å². The average molecular weight is 356 g/mol. The molecule has 1 heterocycles. The Bertz CT molecular complexity index is 978. The van der Waals surface area contributed by atoms with E-state index >= 15 is 0 Å². The van der Waals surface area contributed by atoms with Gasteiger partial charge in [-0.25, -0.2) is 4.68 Å². The molecular formula is C19H18ClN3O2. The second kappa shape index (κ2) is 7.07. The van der Waals surface area contributed by atoms with Crippen LogP contribution in [0.2, 0.25) is 5.02 Å². The van der Waals surface area contributed by atoms with Crippen LogP contribution in [0.25, 0.3) is 10.8 Å². The van der Waals surface area contributed by atoms with Crippen LogP contribution in [0.4, 0.5) is 0 Å². The number of carbonyl (C=O) groups excluding carboxylic acids is 1. The predicted octanol–water partition coefficient (Wildman–Crippen LogP) is 3.56. The molecule has 1 aromatic heterocycles. The van der Waals surface area contributed by atoms with Crippen LogP contribution >= 0.6 is 11.6 Å². The van der Waals surface area contributed by atoms with Crippen molar-refractivity contribution < 1.29 is 4.79 Å². The van der Waals surface area contributed by atoms with Crippen LogP contribution in [0, 0.1) is 0 Å². The minimum Gasteiger partial charge on any atom is -0.347 e. The molecule has 6 heteroatoms. The van der Waals surface area contributed by atoms with Crippen LogP contribution in [0.5, 0.6) is 0 Å². The van der Waals surface area contributed by atoms with Crippen molar-refractivity contribution >= 4 is 28.3 Å². The highest BCUT2D eigenvalue weighted by Gasteiger charge is 2.17. The van der Waals surface area contributed by atoms with E-state index in [-0.39, 0.29) is 23.2 Å². The third kappa shape index (κ3) is 3.56. The van der Waals surface area contributed by atoms with Gasteiger partial charge in [-0.05, 0) is 37.6 Å². The number of hydrogen-bond donors (Lipinski definition) is 1. The quantitative estimate of drug-likeness (QED) is 0.778. The molecule has 3 rings (SSSR count). The number of aromatic nitrogens is 2. The Hall–Kier alpha value is -2.66. The van der Waals surface area contributed by atoms with Gasteiger partial charge in [0.15, 0.2) is 5.69 Å². The zero-order valence-corrected chi connectivity index (χ0v) is 14.7. The Kier molecular flexibility index (Phi) is 4.86. The van der Waals surface area contributed by atoms with Crippen LogP contribution in [0.3, 0.4) is 0 Å². The lowest BCUT2D eigenvalue weighted by Gasteiger charge is -2.13. The van der Waals surface area contributed by atoms with Crippen molar-refractivity contribution in [1.29, 1.82) is 0 Å². The van der Waals surface area contributed by atoms with E-state index in [4.69, 9.17) is 11.6 Å².